The van der Waals surface area contributed by atoms with E-state index in [1.165, 1.54) is 19.1 Å². The summed E-state index contributed by atoms with van der Waals surface area (Å²) in [5, 5.41) is 20.5. The molecule has 1 aliphatic heterocycles. The lowest BCUT2D eigenvalue weighted by Gasteiger charge is -2.26. The highest BCUT2D eigenvalue weighted by Crippen LogP contribution is 2.44. The molecule has 4 rings (SSSR count). The van der Waals surface area contributed by atoms with Crippen LogP contribution in [0.4, 0.5) is 5.69 Å². The van der Waals surface area contributed by atoms with E-state index in [4.69, 9.17) is 14.7 Å². The number of ether oxygens (including phenoxy) is 2. The predicted molar refractivity (Wildman–Crippen MR) is 127 cm³/mol. The van der Waals surface area contributed by atoms with Gasteiger partial charge in [0.25, 0.3) is 11.7 Å². The lowest BCUT2D eigenvalue weighted by Crippen LogP contribution is -2.29. The van der Waals surface area contributed by atoms with Crippen LogP contribution in [0, 0.1) is 18.3 Å². The maximum atomic E-state index is 13.3. The van der Waals surface area contributed by atoms with Gasteiger partial charge in [0.15, 0.2) is 0 Å². The zero-order valence-corrected chi connectivity index (χ0v) is 18.9. The summed E-state index contributed by atoms with van der Waals surface area (Å²) in [4.78, 5) is 27.9. The molecule has 0 bridgehead atoms. The number of anilines is 1. The van der Waals surface area contributed by atoms with E-state index >= 15 is 0 Å². The fourth-order valence-electron chi connectivity index (χ4n) is 4.12. The van der Waals surface area contributed by atoms with Gasteiger partial charge in [0.1, 0.15) is 17.3 Å². The number of aliphatic hydroxyl groups excluding tert-OH is 1. The molecule has 1 heterocycles. The number of nitrogens with zero attached hydrogens (tertiary/aromatic N) is 2. The molecule has 1 N–H and O–H groups in total. The third-order valence-electron chi connectivity index (χ3n) is 5.87. The summed E-state index contributed by atoms with van der Waals surface area (Å²) in [6, 6.07) is 19.7. The Hall–Kier alpha value is -4.57. The molecule has 3 aromatic carbocycles. The Morgan fingerprint density at radius 2 is 1.71 bits per heavy atom. The molecule has 0 spiro atoms. The lowest BCUT2D eigenvalue weighted by atomic mass is 9.92. The summed E-state index contributed by atoms with van der Waals surface area (Å²) >= 11 is 0. The van der Waals surface area contributed by atoms with Crippen molar-refractivity contribution >= 4 is 23.1 Å². The normalized spacial score (nSPS) is 16.9. The molecule has 3 aromatic rings. The fourth-order valence-corrected chi connectivity index (χ4v) is 4.12. The number of ketones is 1. The number of benzene rings is 3. The van der Waals surface area contributed by atoms with E-state index in [0.29, 0.717) is 28.3 Å². The first-order valence-corrected chi connectivity index (χ1v) is 10.5. The summed E-state index contributed by atoms with van der Waals surface area (Å²) in [6.07, 6.45) is 0. The van der Waals surface area contributed by atoms with E-state index in [1.54, 1.807) is 42.5 Å². The highest BCUT2D eigenvalue weighted by Gasteiger charge is 2.47. The van der Waals surface area contributed by atoms with Gasteiger partial charge in [-0.1, -0.05) is 24.3 Å². The molecule has 1 aliphatic rings. The van der Waals surface area contributed by atoms with Crippen LogP contribution < -0.4 is 14.4 Å². The summed E-state index contributed by atoms with van der Waals surface area (Å²) < 4.78 is 10.6. The highest BCUT2D eigenvalue weighted by atomic mass is 16.5. The van der Waals surface area contributed by atoms with Crippen molar-refractivity contribution < 1.29 is 24.2 Å². The van der Waals surface area contributed by atoms with Gasteiger partial charge in [-0.25, -0.2) is 0 Å². The highest BCUT2D eigenvalue weighted by molar-refractivity contribution is 6.51. The minimum absolute atomic E-state index is 0.0490. The first-order chi connectivity index (χ1) is 16.4. The van der Waals surface area contributed by atoms with Crippen LogP contribution in [-0.2, 0) is 9.59 Å². The Morgan fingerprint density at radius 1 is 1.00 bits per heavy atom. The maximum absolute atomic E-state index is 13.3. The van der Waals surface area contributed by atoms with E-state index in [1.807, 2.05) is 37.3 Å². The topological polar surface area (TPSA) is 99.9 Å². The number of hydrogen-bond acceptors (Lipinski definition) is 6. The molecular formula is C27H22N2O5. The van der Waals surface area contributed by atoms with Gasteiger partial charge in [-0.15, -0.1) is 0 Å². The third kappa shape index (κ3) is 3.76. The number of Topliss-reactive ketones (excluding diaryl/α,β-unsaturated/α-hetero) is 1. The number of carbonyl (C=O) groups is 2. The summed E-state index contributed by atoms with van der Waals surface area (Å²) in [7, 11) is 2.95. The zero-order chi connectivity index (χ0) is 24.4. The molecule has 1 atom stereocenters. The molecule has 34 heavy (non-hydrogen) atoms. The Balaban J connectivity index is 1.97. The average molecular weight is 454 g/mol. The van der Waals surface area contributed by atoms with Crippen LogP contribution in [0.15, 0.2) is 72.3 Å². The number of rotatable bonds is 5. The van der Waals surface area contributed by atoms with Crippen LogP contribution in [0.2, 0.25) is 0 Å². The molecule has 7 nitrogen and oxygen atoms in total. The SMILES string of the molecule is COc1ccc(/C(O)=C2\C(=O)C(=O)N(c3ccc(C#N)cc3)C2c2ccccc2C)c(OC)c1. The summed E-state index contributed by atoms with van der Waals surface area (Å²) in [6.45, 7) is 1.88. The Morgan fingerprint density at radius 3 is 2.32 bits per heavy atom. The second kappa shape index (κ2) is 9.12. The van der Waals surface area contributed by atoms with Gasteiger partial charge in [-0.05, 0) is 54.4 Å². The van der Waals surface area contributed by atoms with E-state index in [0.717, 1.165) is 5.56 Å². The number of carbonyl (C=O) groups excluding carboxylic acids is 2. The third-order valence-corrected chi connectivity index (χ3v) is 5.87. The molecule has 1 amide bonds. The van der Waals surface area contributed by atoms with Gasteiger partial charge in [0.2, 0.25) is 0 Å². The van der Waals surface area contributed by atoms with Gasteiger partial charge in [0, 0.05) is 11.8 Å². The largest absolute Gasteiger partial charge is 0.507 e. The molecule has 170 valence electrons. The average Bonchev–Trinajstić information content (AvgIpc) is 3.13. The van der Waals surface area contributed by atoms with Gasteiger partial charge in [-0.2, -0.15) is 5.26 Å². The standard InChI is InChI=1S/C27H22N2O5/c1-16-6-4-5-7-20(16)24-23(25(30)21-13-12-19(33-2)14-22(21)34-3)26(31)27(32)29(24)18-10-8-17(15-28)9-11-18/h4-14,24,30H,1-3H3/b25-23+. The van der Waals surface area contributed by atoms with Crippen molar-refractivity contribution in [2.45, 2.75) is 13.0 Å². The van der Waals surface area contributed by atoms with Gasteiger partial charge >= 0.3 is 0 Å². The van der Waals surface area contributed by atoms with Crippen molar-refractivity contribution in [1.82, 2.24) is 0 Å². The number of amides is 1. The smallest absolute Gasteiger partial charge is 0.300 e. The molecule has 1 fully saturated rings. The molecule has 0 saturated carbocycles. The first kappa shape index (κ1) is 22.6. The second-order valence-electron chi connectivity index (χ2n) is 7.75. The van der Waals surface area contributed by atoms with E-state index < -0.39 is 17.7 Å². The van der Waals surface area contributed by atoms with Crippen LogP contribution in [0.25, 0.3) is 5.76 Å². The molecule has 1 unspecified atom stereocenters. The number of aliphatic hydroxyl groups is 1. The first-order valence-electron chi connectivity index (χ1n) is 10.5. The quantitative estimate of drug-likeness (QED) is 0.346. The monoisotopic (exact) mass is 454 g/mol. The molecule has 7 heteroatoms. The molecular weight excluding hydrogens is 432 g/mol. The zero-order valence-electron chi connectivity index (χ0n) is 18.9. The van der Waals surface area contributed by atoms with Crippen LogP contribution in [0.1, 0.15) is 28.3 Å². The molecule has 0 aliphatic carbocycles. The minimum atomic E-state index is -0.874. The Labute approximate surface area is 197 Å². The second-order valence-corrected chi connectivity index (χ2v) is 7.75. The number of hydrogen-bond donors (Lipinski definition) is 1. The van der Waals surface area contributed by atoms with Gasteiger partial charge in [-0.3, -0.25) is 14.5 Å². The minimum Gasteiger partial charge on any atom is -0.507 e. The van der Waals surface area contributed by atoms with Crippen molar-refractivity contribution in [3.05, 3.63) is 94.6 Å². The van der Waals surface area contributed by atoms with Crippen molar-refractivity contribution in [2.24, 2.45) is 0 Å². The van der Waals surface area contributed by atoms with E-state index in [9.17, 15) is 14.7 Å². The van der Waals surface area contributed by atoms with Crippen molar-refractivity contribution in [1.29, 1.82) is 5.26 Å². The van der Waals surface area contributed by atoms with Crippen LogP contribution in [0.5, 0.6) is 11.5 Å². The maximum Gasteiger partial charge on any atom is 0.300 e. The fraction of sp³-hybridized carbons (Fsp3) is 0.148. The van der Waals surface area contributed by atoms with Crippen molar-refractivity contribution in [2.75, 3.05) is 19.1 Å². The van der Waals surface area contributed by atoms with Crippen LogP contribution in [-0.4, -0.2) is 31.0 Å². The summed E-state index contributed by atoms with van der Waals surface area (Å²) in [5.74, 6) is -1.12. The Bertz CT molecular complexity index is 1350. The van der Waals surface area contributed by atoms with Gasteiger partial charge in [0.05, 0.1) is 43.0 Å². The van der Waals surface area contributed by atoms with Crippen LogP contribution in [0.3, 0.4) is 0 Å². The van der Waals surface area contributed by atoms with E-state index in [2.05, 4.69) is 0 Å². The number of nitriles is 1. The number of methoxy groups -OCH3 is 2. The lowest BCUT2D eigenvalue weighted by molar-refractivity contribution is -0.132. The Kier molecular flexibility index (Phi) is 6.07. The van der Waals surface area contributed by atoms with Crippen LogP contribution >= 0.6 is 0 Å². The molecule has 0 aromatic heterocycles. The summed E-state index contributed by atoms with van der Waals surface area (Å²) in [5.41, 5.74) is 2.62. The molecule has 1 saturated heterocycles. The molecule has 0 radical (unpaired) electrons. The van der Waals surface area contributed by atoms with Crippen molar-refractivity contribution in [3.8, 4) is 17.6 Å². The number of aryl methyl sites for hydroxylation is 1. The van der Waals surface area contributed by atoms with E-state index in [-0.39, 0.29) is 16.9 Å². The predicted octanol–water partition coefficient (Wildman–Crippen LogP) is 4.51. The van der Waals surface area contributed by atoms with Gasteiger partial charge < -0.3 is 14.6 Å². The van der Waals surface area contributed by atoms with Crippen molar-refractivity contribution in [3.63, 3.8) is 0 Å².